The SMILES string of the molecule is O=C(COc1cc(Cl)c(Cl)cc1Cl)NCC1CNCC1O. The number of β-amino-alcohol motifs (C(OH)–C–C–N with tert-alkyl or cyclic N) is 1. The fourth-order valence-electron chi connectivity index (χ4n) is 1.98. The molecule has 0 aromatic heterocycles. The average molecular weight is 354 g/mol. The summed E-state index contributed by atoms with van der Waals surface area (Å²) in [4.78, 5) is 11.7. The molecule has 1 fully saturated rings. The van der Waals surface area contributed by atoms with Gasteiger partial charge in [0.25, 0.3) is 5.91 Å². The molecule has 1 aromatic rings. The number of hydrogen-bond donors (Lipinski definition) is 3. The van der Waals surface area contributed by atoms with Crippen LogP contribution in [-0.2, 0) is 4.79 Å². The predicted octanol–water partition coefficient (Wildman–Crippen LogP) is 1.72. The Hall–Kier alpha value is -0.720. The van der Waals surface area contributed by atoms with Crippen molar-refractivity contribution >= 4 is 40.7 Å². The zero-order valence-electron chi connectivity index (χ0n) is 11.0. The van der Waals surface area contributed by atoms with Gasteiger partial charge in [0.05, 0.1) is 21.2 Å². The van der Waals surface area contributed by atoms with E-state index in [9.17, 15) is 9.90 Å². The Kier molecular flexibility index (Phi) is 5.96. The quantitative estimate of drug-likeness (QED) is 0.705. The molecule has 1 aliphatic rings. The summed E-state index contributed by atoms with van der Waals surface area (Å²) >= 11 is 17.6. The number of halogens is 3. The molecule has 1 saturated heterocycles. The van der Waals surface area contributed by atoms with Crippen LogP contribution in [0.15, 0.2) is 12.1 Å². The fraction of sp³-hybridized carbons (Fsp3) is 0.462. The molecule has 0 bridgehead atoms. The number of ether oxygens (including phenoxy) is 1. The van der Waals surface area contributed by atoms with E-state index in [2.05, 4.69) is 10.6 Å². The number of aliphatic hydroxyl groups is 1. The molecule has 1 aromatic carbocycles. The lowest BCUT2D eigenvalue weighted by molar-refractivity contribution is -0.123. The molecule has 0 aliphatic carbocycles. The smallest absolute Gasteiger partial charge is 0.257 e. The molecule has 3 N–H and O–H groups in total. The highest BCUT2D eigenvalue weighted by Crippen LogP contribution is 2.33. The minimum Gasteiger partial charge on any atom is -0.482 e. The van der Waals surface area contributed by atoms with Gasteiger partial charge in [-0.1, -0.05) is 34.8 Å². The number of aliphatic hydroxyl groups excluding tert-OH is 1. The summed E-state index contributed by atoms with van der Waals surface area (Å²) in [5.74, 6) is 0.0162. The van der Waals surface area contributed by atoms with Crippen LogP contribution in [0.5, 0.6) is 5.75 Å². The first-order valence-electron chi connectivity index (χ1n) is 6.40. The highest BCUT2D eigenvalue weighted by Gasteiger charge is 2.25. The van der Waals surface area contributed by atoms with Gasteiger partial charge in [0.15, 0.2) is 6.61 Å². The van der Waals surface area contributed by atoms with Gasteiger partial charge in [0.1, 0.15) is 5.75 Å². The van der Waals surface area contributed by atoms with Crippen molar-refractivity contribution in [3.63, 3.8) is 0 Å². The van der Waals surface area contributed by atoms with Crippen LogP contribution >= 0.6 is 34.8 Å². The van der Waals surface area contributed by atoms with Crippen molar-refractivity contribution < 1.29 is 14.6 Å². The second kappa shape index (κ2) is 7.51. The first-order valence-corrected chi connectivity index (χ1v) is 7.53. The number of rotatable bonds is 5. The topological polar surface area (TPSA) is 70.6 Å². The molecule has 1 heterocycles. The Balaban J connectivity index is 1.80. The van der Waals surface area contributed by atoms with Crippen LogP contribution in [0.4, 0.5) is 0 Å². The van der Waals surface area contributed by atoms with Crippen LogP contribution in [0.25, 0.3) is 0 Å². The van der Waals surface area contributed by atoms with E-state index in [1.807, 2.05) is 0 Å². The Bertz CT molecular complexity index is 528. The van der Waals surface area contributed by atoms with Crippen LogP contribution in [0.1, 0.15) is 0 Å². The third kappa shape index (κ3) is 4.63. The molecule has 0 radical (unpaired) electrons. The Morgan fingerprint density at radius 2 is 2.00 bits per heavy atom. The minimum atomic E-state index is -0.435. The van der Waals surface area contributed by atoms with E-state index in [0.717, 1.165) is 0 Å². The van der Waals surface area contributed by atoms with Crippen molar-refractivity contribution in [1.82, 2.24) is 10.6 Å². The number of carbonyl (C=O) groups is 1. The molecule has 1 aliphatic heterocycles. The monoisotopic (exact) mass is 352 g/mol. The van der Waals surface area contributed by atoms with Gasteiger partial charge >= 0.3 is 0 Å². The zero-order valence-corrected chi connectivity index (χ0v) is 13.3. The standard InChI is InChI=1S/C13H15Cl3N2O3/c14-8-1-10(16)12(2-9(8)15)21-6-13(20)18-4-7-3-17-5-11(7)19/h1-2,7,11,17,19H,3-6H2,(H,18,20). The molecule has 2 atom stereocenters. The summed E-state index contributed by atoms with van der Waals surface area (Å²) in [6, 6.07) is 2.92. The normalized spacial score (nSPS) is 21.3. The Labute approximate surface area is 137 Å². The summed E-state index contributed by atoms with van der Waals surface area (Å²) in [5, 5.41) is 16.3. The average Bonchev–Trinajstić information content (AvgIpc) is 2.84. The van der Waals surface area contributed by atoms with E-state index in [0.29, 0.717) is 35.4 Å². The first kappa shape index (κ1) is 16.6. The lowest BCUT2D eigenvalue weighted by Crippen LogP contribution is -2.36. The number of carbonyl (C=O) groups excluding carboxylic acids is 1. The van der Waals surface area contributed by atoms with E-state index in [-0.39, 0.29) is 23.5 Å². The van der Waals surface area contributed by atoms with Crippen molar-refractivity contribution in [2.75, 3.05) is 26.2 Å². The van der Waals surface area contributed by atoms with Gasteiger partial charge in [-0.05, 0) is 6.07 Å². The molecular weight excluding hydrogens is 339 g/mol. The van der Waals surface area contributed by atoms with E-state index in [1.54, 1.807) is 0 Å². The van der Waals surface area contributed by atoms with Crippen molar-refractivity contribution in [3.05, 3.63) is 27.2 Å². The van der Waals surface area contributed by atoms with Crippen molar-refractivity contribution in [3.8, 4) is 5.75 Å². The molecule has 1 amide bonds. The van der Waals surface area contributed by atoms with Crippen molar-refractivity contribution in [1.29, 1.82) is 0 Å². The summed E-state index contributed by atoms with van der Waals surface area (Å²) in [6.07, 6.45) is -0.435. The van der Waals surface area contributed by atoms with Gasteiger partial charge in [-0.15, -0.1) is 0 Å². The fourth-order valence-corrected chi connectivity index (χ4v) is 2.57. The molecule has 2 unspecified atom stereocenters. The molecule has 5 nitrogen and oxygen atoms in total. The van der Waals surface area contributed by atoms with Gasteiger partial charge in [0.2, 0.25) is 0 Å². The lowest BCUT2D eigenvalue weighted by atomic mass is 10.1. The van der Waals surface area contributed by atoms with Crippen LogP contribution in [0.2, 0.25) is 15.1 Å². The second-order valence-electron chi connectivity index (χ2n) is 4.78. The van der Waals surface area contributed by atoms with E-state index in [1.165, 1.54) is 12.1 Å². The molecule has 2 rings (SSSR count). The van der Waals surface area contributed by atoms with Gasteiger partial charge in [-0.2, -0.15) is 0 Å². The highest BCUT2D eigenvalue weighted by molar-refractivity contribution is 6.43. The Morgan fingerprint density at radius 1 is 1.29 bits per heavy atom. The summed E-state index contributed by atoms with van der Waals surface area (Å²) < 4.78 is 5.31. The zero-order chi connectivity index (χ0) is 15.4. The second-order valence-corrected chi connectivity index (χ2v) is 6.00. The van der Waals surface area contributed by atoms with Crippen LogP contribution in [-0.4, -0.2) is 43.4 Å². The molecule has 8 heteroatoms. The predicted molar refractivity (Wildman–Crippen MR) is 82.3 cm³/mol. The van der Waals surface area contributed by atoms with Crippen LogP contribution in [0, 0.1) is 5.92 Å². The van der Waals surface area contributed by atoms with Gasteiger partial charge in [0, 0.05) is 31.6 Å². The lowest BCUT2D eigenvalue weighted by Gasteiger charge is -2.14. The minimum absolute atomic E-state index is 0.0162. The van der Waals surface area contributed by atoms with Crippen molar-refractivity contribution in [2.24, 2.45) is 5.92 Å². The third-order valence-electron chi connectivity index (χ3n) is 3.20. The first-order chi connectivity index (χ1) is 9.97. The summed E-state index contributed by atoms with van der Waals surface area (Å²) in [6.45, 7) is 1.44. The van der Waals surface area contributed by atoms with Crippen LogP contribution in [0.3, 0.4) is 0 Å². The number of benzene rings is 1. The van der Waals surface area contributed by atoms with Crippen molar-refractivity contribution in [2.45, 2.75) is 6.10 Å². The van der Waals surface area contributed by atoms with Gasteiger partial charge in [-0.25, -0.2) is 0 Å². The van der Waals surface area contributed by atoms with Gasteiger partial charge < -0.3 is 20.5 Å². The largest absolute Gasteiger partial charge is 0.482 e. The maximum absolute atomic E-state index is 11.7. The Morgan fingerprint density at radius 3 is 2.67 bits per heavy atom. The van der Waals surface area contributed by atoms with E-state index >= 15 is 0 Å². The van der Waals surface area contributed by atoms with E-state index in [4.69, 9.17) is 39.5 Å². The molecule has 21 heavy (non-hydrogen) atoms. The molecular formula is C13H15Cl3N2O3. The molecule has 0 spiro atoms. The summed E-state index contributed by atoms with van der Waals surface area (Å²) in [5.41, 5.74) is 0. The number of hydrogen-bond acceptors (Lipinski definition) is 4. The third-order valence-corrected chi connectivity index (χ3v) is 4.22. The van der Waals surface area contributed by atoms with Gasteiger partial charge in [-0.3, -0.25) is 4.79 Å². The number of nitrogens with one attached hydrogen (secondary N) is 2. The molecule has 116 valence electrons. The number of amides is 1. The van der Waals surface area contributed by atoms with Crippen LogP contribution < -0.4 is 15.4 Å². The maximum Gasteiger partial charge on any atom is 0.257 e. The summed E-state index contributed by atoms with van der Waals surface area (Å²) in [7, 11) is 0. The highest BCUT2D eigenvalue weighted by atomic mass is 35.5. The van der Waals surface area contributed by atoms with E-state index < -0.39 is 6.10 Å². The molecule has 0 saturated carbocycles. The maximum atomic E-state index is 11.7.